The lowest BCUT2D eigenvalue weighted by Crippen LogP contribution is -2.25. The number of nitrogens with zero attached hydrogens (tertiary/aromatic N) is 1. The van der Waals surface area contributed by atoms with Crippen LogP contribution in [0.2, 0.25) is 0 Å². The van der Waals surface area contributed by atoms with Crippen LogP contribution in [0.4, 0.5) is 11.4 Å². The standard InChI is InChI=1S/C17H19NO5S/c1-4-23-16-11-13(17(19)22-2)10-15(12-16)18(24(3,20)21)14-8-6-5-7-9-14/h5-12H,4H2,1-3H3. The zero-order valence-corrected chi connectivity index (χ0v) is 14.5. The van der Waals surface area contributed by atoms with Crippen molar-refractivity contribution < 1.29 is 22.7 Å². The van der Waals surface area contributed by atoms with Gasteiger partial charge in [-0.2, -0.15) is 0 Å². The third-order valence-corrected chi connectivity index (χ3v) is 4.27. The summed E-state index contributed by atoms with van der Waals surface area (Å²) in [5, 5.41) is 0. The van der Waals surface area contributed by atoms with Gasteiger partial charge in [-0.3, -0.25) is 0 Å². The Hall–Kier alpha value is -2.54. The van der Waals surface area contributed by atoms with Gasteiger partial charge in [-0.1, -0.05) is 18.2 Å². The van der Waals surface area contributed by atoms with Crippen molar-refractivity contribution in [2.45, 2.75) is 6.92 Å². The van der Waals surface area contributed by atoms with Gasteiger partial charge in [0, 0.05) is 6.07 Å². The van der Waals surface area contributed by atoms with Gasteiger partial charge in [0.1, 0.15) is 5.75 Å². The van der Waals surface area contributed by atoms with Gasteiger partial charge in [0.2, 0.25) is 10.0 Å². The first kappa shape index (κ1) is 17.8. The number of benzene rings is 2. The smallest absolute Gasteiger partial charge is 0.338 e. The van der Waals surface area contributed by atoms with Gasteiger partial charge < -0.3 is 9.47 Å². The first-order valence-electron chi connectivity index (χ1n) is 7.28. The average Bonchev–Trinajstić information content (AvgIpc) is 2.54. The summed E-state index contributed by atoms with van der Waals surface area (Å²) in [6, 6.07) is 13.2. The number of ether oxygens (including phenoxy) is 2. The van der Waals surface area contributed by atoms with Crippen LogP contribution in [0.5, 0.6) is 5.75 Å². The molecule has 0 fully saturated rings. The Balaban J connectivity index is 2.65. The molecule has 0 aliphatic carbocycles. The molecule has 0 heterocycles. The summed E-state index contributed by atoms with van der Waals surface area (Å²) in [7, 11) is -2.36. The second-order valence-electron chi connectivity index (χ2n) is 5.00. The maximum absolute atomic E-state index is 12.3. The number of para-hydroxylation sites is 1. The van der Waals surface area contributed by atoms with Crippen molar-refractivity contribution in [1.29, 1.82) is 0 Å². The minimum Gasteiger partial charge on any atom is -0.494 e. The van der Waals surface area contributed by atoms with Gasteiger partial charge in [0.25, 0.3) is 0 Å². The predicted octanol–water partition coefficient (Wildman–Crippen LogP) is 2.97. The summed E-state index contributed by atoms with van der Waals surface area (Å²) in [6.45, 7) is 2.18. The van der Waals surface area contributed by atoms with Gasteiger partial charge in [-0.15, -0.1) is 0 Å². The lowest BCUT2D eigenvalue weighted by atomic mass is 10.1. The monoisotopic (exact) mass is 349 g/mol. The maximum atomic E-state index is 12.3. The molecule has 0 amide bonds. The van der Waals surface area contributed by atoms with E-state index >= 15 is 0 Å². The zero-order valence-electron chi connectivity index (χ0n) is 13.7. The summed E-state index contributed by atoms with van der Waals surface area (Å²) in [6.07, 6.45) is 1.10. The molecule has 0 aliphatic rings. The van der Waals surface area contributed by atoms with Crippen LogP contribution >= 0.6 is 0 Å². The van der Waals surface area contributed by atoms with E-state index in [1.54, 1.807) is 43.3 Å². The van der Waals surface area contributed by atoms with Crippen molar-refractivity contribution in [3.63, 3.8) is 0 Å². The Morgan fingerprint density at radius 2 is 1.75 bits per heavy atom. The molecule has 6 nitrogen and oxygen atoms in total. The number of hydrogen-bond acceptors (Lipinski definition) is 5. The van der Waals surface area contributed by atoms with E-state index in [1.165, 1.54) is 19.2 Å². The molecule has 0 aliphatic heterocycles. The van der Waals surface area contributed by atoms with E-state index in [0.717, 1.165) is 10.6 Å². The molecule has 0 unspecified atom stereocenters. The summed E-state index contributed by atoms with van der Waals surface area (Å²) < 4.78 is 36.0. The Kier molecular flexibility index (Phi) is 5.46. The largest absolute Gasteiger partial charge is 0.494 e. The number of methoxy groups -OCH3 is 1. The average molecular weight is 349 g/mol. The fourth-order valence-corrected chi connectivity index (χ4v) is 3.27. The van der Waals surface area contributed by atoms with Crippen LogP contribution in [0.3, 0.4) is 0 Å². The molecule has 2 aromatic rings. The lowest BCUT2D eigenvalue weighted by Gasteiger charge is -2.23. The molecule has 0 radical (unpaired) electrons. The van der Waals surface area contributed by atoms with Crippen LogP contribution in [-0.2, 0) is 14.8 Å². The quantitative estimate of drug-likeness (QED) is 0.750. The minimum atomic E-state index is -3.63. The van der Waals surface area contributed by atoms with Gasteiger partial charge in [0.05, 0.1) is 36.9 Å². The Labute approximate surface area is 141 Å². The van der Waals surface area contributed by atoms with Crippen molar-refractivity contribution in [1.82, 2.24) is 0 Å². The fourth-order valence-electron chi connectivity index (χ4n) is 2.28. The number of hydrogen-bond donors (Lipinski definition) is 0. The molecule has 0 atom stereocenters. The Morgan fingerprint density at radius 3 is 2.29 bits per heavy atom. The lowest BCUT2D eigenvalue weighted by molar-refractivity contribution is 0.0600. The SMILES string of the molecule is CCOc1cc(C(=O)OC)cc(N(c2ccccc2)S(C)(=O)=O)c1. The predicted molar refractivity (Wildman–Crippen MR) is 92.4 cm³/mol. The van der Waals surface area contributed by atoms with Crippen molar-refractivity contribution in [2.75, 3.05) is 24.3 Å². The molecule has 7 heteroatoms. The topological polar surface area (TPSA) is 72.9 Å². The fraction of sp³-hybridized carbons (Fsp3) is 0.235. The number of rotatable bonds is 6. The molecule has 24 heavy (non-hydrogen) atoms. The van der Waals surface area contributed by atoms with Crippen molar-refractivity contribution in [2.24, 2.45) is 0 Å². The molecule has 0 spiro atoms. The molecular weight excluding hydrogens is 330 g/mol. The highest BCUT2D eigenvalue weighted by atomic mass is 32.2. The molecule has 0 saturated heterocycles. The highest BCUT2D eigenvalue weighted by Gasteiger charge is 2.22. The molecule has 2 aromatic carbocycles. The van der Waals surface area contributed by atoms with E-state index in [0.29, 0.717) is 23.7 Å². The van der Waals surface area contributed by atoms with Crippen LogP contribution in [0.25, 0.3) is 0 Å². The van der Waals surface area contributed by atoms with E-state index in [1.807, 2.05) is 0 Å². The minimum absolute atomic E-state index is 0.211. The van der Waals surface area contributed by atoms with Crippen LogP contribution < -0.4 is 9.04 Å². The van der Waals surface area contributed by atoms with Gasteiger partial charge in [-0.25, -0.2) is 17.5 Å². The van der Waals surface area contributed by atoms with Crippen LogP contribution in [0.15, 0.2) is 48.5 Å². The molecule has 2 rings (SSSR count). The number of anilines is 2. The highest BCUT2D eigenvalue weighted by molar-refractivity contribution is 7.92. The molecule has 0 N–H and O–H groups in total. The second-order valence-corrected chi connectivity index (χ2v) is 6.83. The highest BCUT2D eigenvalue weighted by Crippen LogP contribution is 2.32. The molecular formula is C17H19NO5S. The first-order chi connectivity index (χ1) is 11.4. The van der Waals surface area contributed by atoms with Gasteiger partial charge >= 0.3 is 5.97 Å². The van der Waals surface area contributed by atoms with E-state index < -0.39 is 16.0 Å². The number of carbonyl (C=O) groups is 1. The normalized spacial score (nSPS) is 11.0. The van der Waals surface area contributed by atoms with E-state index in [2.05, 4.69) is 0 Å². The summed E-state index contributed by atoms with van der Waals surface area (Å²) in [5.41, 5.74) is 0.975. The summed E-state index contributed by atoms with van der Waals surface area (Å²) in [4.78, 5) is 11.9. The van der Waals surface area contributed by atoms with Crippen LogP contribution in [0.1, 0.15) is 17.3 Å². The van der Waals surface area contributed by atoms with Gasteiger partial charge in [-0.05, 0) is 31.2 Å². The summed E-state index contributed by atoms with van der Waals surface area (Å²) >= 11 is 0. The molecule has 128 valence electrons. The maximum Gasteiger partial charge on any atom is 0.338 e. The van der Waals surface area contributed by atoms with E-state index in [-0.39, 0.29) is 5.56 Å². The number of carbonyl (C=O) groups excluding carboxylic acids is 1. The molecule has 0 aromatic heterocycles. The number of sulfonamides is 1. The summed E-state index contributed by atoms with van der Waals surface area (Å²) in [5.74, 6) is -0.181. The van der Waals surface area contributed by atoms with Crippen molar-refractivity contribution in [3.05, 3.63) is 54.1 Å². The molecule has 0 bridgehead atoms. The zero-order chi connectivity index (χ0) is 17.7. The van der Waals surface area contributed by atoms with Crippen LogP contribution in [0, 0.1) is 0 Å². The third kappa shape index (κ3) is 4.05. The van der Waals surface area contributed by atoms with E-state index in [9.17, 15) is 13.2 Å². The van der Waals surface area contributed by atoms with Crippen molar-refractivity contribution in [3.8, 4) is 5.75 Å². The molecule has 0 saturated carbocycles. The first-order valence-corrected chi connectivity index (χ1v) is 9.13. The Morgan fingerprint density at radius 1 is 1.08 bits per heavy atom. The van der Waals surface area contributed by atoms with Crippen LogP contribution in [-0.4, -0.2) is 34.4 Å². The van der Waals surface area contributed by atoms with E-state index in [4.69, 9.17) is 9.47 Å². The third-order valence-electron chi connectivity index (χ3n) is 3.18. The van der Waals surface area contributed by atoms with Gasteiger partial charge in [0.15, 0.2) is 0 Å². The Bertz CT molecular complexity index is 818. The second kappa shape index (κ2) is 7.35. The number of esters is 1. The van der Waals surface area contributed by atoms with Crippen molar-refractivity contribution >= 4 is 27.4 Å².